The summed E-state index contributed by atoms with van der Waals surface area (Å²) in [4.78, 5) is 0. The summed E-state index contributed by atoms with van der Waals surface area (Å²) in [5.41, 5.74) is 0. The van der Waals surface area contributed by atoms with Crippen LogP contribution < -0.4 is 0 Å². The molecule has 0 fully saturated rings. The van der Waals surface area contributed by atoms with Gasteiger partial charge in [-0.1, -0.05) is 12.3 Å². The first-order valence-electron chi connectivity index (χ1n) is 3.39. The van der Waals surface area contributed by atoms with Crippen molar-refractivity contribution in [1.82, 2.24) is 0 Å². The van der Waals surface area contributed by atoms with E-state index < -0.39 is 0 Å². The fraction of sp³-hybridized carbons (Fsp3) is 0.556. The molecule has 0 radical (unpaired) electrons. The molecular formula is C9H12S. The highest BCUT2D eigenvalue weighted by atomic mass is 32.1. The van der Waals surface area contributed by atoms with Crippen LogP contribution in [0.4, 0.5) is 0 Å². The quantitative estimate of drug-likeness (QED) is 0.356. The molecule has 0 rings (SSSR count). The average Bonchev–Trinajstić information content (AvgIpc) is 1.98. The second-order valence-electron chi connectivity index (χ2n) is 2.13. The summed E-state index contributed by atoms with van der Waals surface area (Å²) < 4.78 is 0. The van der Waals surface area contributed by atoms with Crippen molar-refractivity contribution >= 4 is 12.6 Å². The average molecular weight is 152 g/mol. The molecule has 54 valence electrons. The summed E-state index contributed by atoms with van der Waals surface area (Å²) in [6.07, 6.45) is 14.2. The lowest BCUT2D eigenvalue weighted by molar-refractivity contribution is 0.717. The Labute approximate surface area is 68.8 Å². The number of hydrogen-bond donors (Lipinski definition) is 1. The van der Waals surface area contributed by atoms with Crippen LogP contribution in [0.5, 0.6) is 0 Å². The molecule has 1 unspecified atom stereocenters. The van der Waals surface area contributed by atoms with Crippen molar-refractivity contribution in [3.63, 3.8) is 0 Å². The van der Waals surface area contributed by atoms with Gasteiger partial charge in [-0.25, -0.2) is 0 Å². The Balaban J connectivity index is 3.07. The van der Waals surface area contributed by atoms with Gasteiger partial charge in [-0.15, -0.1) is 18.8 Å². The maximum Gasteiger partial charge on any atom is 0.0624 e. The van der Waals surface area contributed by atoms with Gasteiger partial charge in [0.2, 0.25) is 0 Å². The van der Waals surface area contributed by atoms with Gasteiger partial charge < -0.3 is 0 Å². The Morgan fingerprint density at radius 2 is 2.00 bits per heavy atom. The first kappa shape index (κ1) is 9.47. The van der Waals surface area contributed by atoms with Crippen molar-refractivity contribution in [2.75, 3.05) is 0 Å². The van der Waals surface area contributed by atoms with Crippen LogP contribution in [0, 0.1) is 24.7 Å². The van der Waals surface area contributed by atoms with Crippen LogP contribution in [0.3, 0.4) is 0 Å². The highest BCUT2D eigenvalue weighted by molar-refractivity contribution is 7.81. The molecule has 0 aliphatic rings. The lowest BCUT2D eigenvalue weighted by atomic mass is 10.1. The molecule has 0 aromatic heterocycles. The molecule has 0 saturated carbocycles. The summed E-state index contributed by atoms with van der Waals surface area (Å²) in [7, 11) is 0. The standard InChI is InChI=1S/C9H12S/c1-3-5-6-7-8-9(10)4-2/h1-2,9-10H,5-8H2. The molecule has 1 atom stereocenters. The number of hydrogen-bond acceptors (Lipinski definition) is 1. The maximum absolute atomic E-state index is 5.12. The third-order valence-electron chi connectivity index (χ3n) is 1.24. The van der Waals surface area contributed by atoms with Gasteiger partial charge in [0.05, 0.1) is 5.25 Å². The fourth-order valence-corrected chi connectivity index (χ4v) is 0.831. The van der Waals surface area contributed by atoms with Crippen molar-refractivity contribution in [1.29, 1.82) is 0 Å². The molecule has 0 amide bonds. The molecule has 0 heterocycles. The monoisotopic (exact) mass is 152 g/mol. The summed E-state index contributed by atoms with van der Waals surface area (Å²) in [6, 6.07) is 0. The first-order valence-corrected chi connectivity index (χ1v) is 3.90. The second kappa shape index (κ2) is 6.59. The number of rotatable bonds is 4. The number of thiol groups is 1. The van der Waals surface area contributed by atoms with Crippen LogP contribution in [0.2, 0.25) is 0 Å². The predicted molar refractivity (Wildman–Crippen MR) is 48.9 cm³/mol. The fourth-order valence-electron chi connectivity index (χ4n) is 0.648. The normalized spacial score (nSPS) is 11.5. The Morgan fingerprint density at radius 1 is 1.30 bits per heavy atom. The highest BCUT2D eigenvalue weighted by Gasteiger charge is 1.95. The zero-order valence-electron chi connectivity index (χ0n) is 6.01. The molecule has 0 aromatic rings. The van der Waals surface area contributed by atoms with E-state index in [0.29, 0.717) is 0 Å². The molecule has 0 aromatic carbocycles. The van der Waals surface area contributed by atoms with Crippen LogP contribution >= 0.6 is 12.6 Å². The lowest BCUT2D eigenvalue weighted by Crippen LogP contribution is -1.92. The van der Waals surface area contributed by atoms with Gasteiger partial charge in [0.15, 0.2) is 0 Å². The Morgan fingerprint density at radius 3 is 2.50 bits per heavy atom. The van der Waals surface area contributed by atoms with Gasteiger partial charge in [-0.3, -0.25) is 0 Å². The van der Waals surface area contributed by atoms with Gasteiger partial charge >= 0.3 is 0 Å². The van der Waals surface area contributed by atoms with Crippen molar-refractivity contribution in [3.05, 3.63) is 0 Å². The second-order valence-corrected chi connectivity index (χ2v) is 2.76. The van der Waals surface area contributed by atoms with E-state index in [1.807, 2.05) is 0 Å². The van der Waals surface area contributed by atoms with E-state index in [0.717, 1.165) is 25.7 Å². The van der Waals surface area contributed by atoms with Crippen LogP contribution in [-0.4, -0.2) is 5.25 Å². The van der Waals surface area contributed by atoms with Gasteiger partial charge in [0.1, 0.15) is 0 Å². The Hall–Kier alpha value is -0.530. The maximum atomic E-state index is 5.12. The minimum Gasteiger partial charge on any atom is -0.163 e. The SMILES string of the molecule is C#CCCCCC(S)C#C. The molecule has 0 saturated heterocycles. The van der Waals surface area contributed by atoms with Crippen LogP contribution in [0.1, 0.15) is 25.7 Å². The number of terminal acetylenes is 2. The molecule has 0 aliphatic carbocycles. The van der Waals surface area contributed by atoms with E-state index in [-0.39, 0.29) is 5.25 Å². The molecular weight excluding hydrogens is 140 g/mol. The topological polar surface area (TPSA) is 0 Å². The van der Waals surface area contributed by atoms with Crippen LogP contribution in [0.15, 0.2) is 0 Å². The van der Waals surface area contributed by atoms with Gasteiger partial charge in [-0.05, 0) is 12.8 Å². The summed E-state index contributed by atoms with van der Waals surface area (Å²) >= 11 is 4.14. The molecule has 0 spiro atoms. The molecule has 1 heteroatoms. The Kier molecular flexibility index (Phi) is 6.24. The summed E-state index contributed by atoms with van der Waals surface area (Å²) in [5, 5.41) is 0.109. The summed E-state index contributed by atoms with van der Waals surface area (Å²) in [5.74, 6) is 5.14. The van der Waals surface area contributed by atoms with E-state index in [1.54, 1.807) is 0 Å². The molecule has 0 N–H and O–H groups in total. The minimum absolute atomic E-state index is 0.109. The van der Waals surface area contributed by atoms with Crippen molar-refractivity contribution in [3.8, 4) is 24.7 Å². The highest BCUT2D eigenvalue weighted by Crippen LogP contribution is 2.06. The van der Waals surface area contributed by atoms with Gasteiger partial charge in [0.25, 0.3) is 0 Å². The van der Waals surface area contributed by atoms with Gasteiger partial charge in [0, 0.05) is 6.42 Å². The molecule has 0 bridgehead atoms. The minimum atomic E-state index is 0.109. The Bertz CT molecular complexity index is 147. The van der Waals surface area contributed by atoms with E-state index in [1.165, 1.54) is 0 Å². The third kappa shape index (κ3) is 5.60. The van der Waals surface area contributed by atoms with Crippen LogP contribution in [0.25, 0.3) is 0 Å². The van der Waals surface area contributed by atoms with Crippen molar-refractivity contribution < 1.29 is 0 Å². The zero-order valence-corrected chi connectivity index (χ0v) is 6.90. The predicted octanol–water partition coefficient (Wildman–Crippen LogP) is 2.11. The molecule has 0 aliphatic heterocycles. The zero-order chi connectivity index (χ0) is 7.82. The van der Waals surface area contributed by atoms with Gasteiger partial charge in [-0.2, -0.15) is 12.6 Å². The molecule has 10 heavy (non-hydrogen) atoms. The van der Waals surface area contributed by atoms with E-state index in [2.05, 4.69) is 24.5 Å². The smallest absolute Gasteiger partial charge is 0.0624 e. The molecule has 0 nitrogen and oxygen atoms in total. The van der Waals surface area contributed by atoms with Crippen molar-refractivity contribution in [2.24, 2.45) is 0 Å². The third-order valence-corrected chi connectivity index (χ3v) is 1.65. The number of unbranched alkanes of at least 4 members (excludes halogenated alkanes) is 2. The first-order chi connectivity index (χ1) is 4.81. The van der Waals surface area contributed by atoms with E-state index in [9.17, 15) is 0 Å². The lowest BCUT2D eigenvalue weighted by Gasteiger charge is -1.99. The van der Waals surface area contributed by atoms with Crippen LogP contribution in [-0.2, 0) is 0 Å². The largest absolute Gasteiger partial charge is 0.163 e. The van der Waals surface area contributed by atoms with E-state index in [4.69, 9.17) is 12.8 Å². The summed E-state index contributed by atoms with van der Waals surface area (Å²) in [6.45, 7) is 0. The van der Waals surface area contributed by atoms with Crippen molar-refractivity contribution in [2.45, 2.75) is 30.9 Å². The van der Waals surface area contributed by atoms with E-state index >= 15 is 0 Å².